The maximum atomic E-state index is 10.7. The Morgan fingerprint density at radius 1 is 1.31 bits per heavy atom. The predicted octanol–water partition coefficient (Wildman–Crippen LogP) is 5.00. The van der Waals surface area contributed by atoms with Crippen LogP contribution in [0.25, 0.3) is 16.8 Å². The fourth-order valence-corrected chi connectivity index (χ4v) is 3.11. The average molecular weight is 362 g/mol. The van der Waals surface area contributed by atoms with Crippen LogP contribution in [0.3, 0.4) is 0 Å². The Balaban J connectivity index is 1.81. The van der Waals surface area contributed by atoms with Gasteiger partial charge in [-0.1, -0.05) is 12.1 Å². The Morgan fingerprint density at radius 3 is 2.73 bits per heavy atom. The fraction of sp³-hybridized carbons (Fsp3) is 0.0526. The molecule has 0 aliphatic carbocycles. The molecule has 0 aliphatic rings. The number of aromatic nitrogens is 1. The number of nitro benzene ring substituents is 1. The third-order valence-corrected chi connectivity index (χ3v) is 4.51. The first kappa shape index (κ1) is 17.3. The Kier molecular flexibility index (Phi) is 5.06. The second-order valence-electron chi connectivity index (χ2n) is 5.53. The lowest BCUT2D eigenvalue weighted by molar-refractivity contribution is -0.384. The quantitative estimate of drug-likeness (QED) is 0.391. The van der Waals surface area contributed by atoms with E-state index in [0.717, 1.165) is 16.8 Å². The van der Waals surface area contributed by atoms with Crippen LogP contribution in [0.1, 0.15) is 10.6 Å². The number of nitrogens with one attached hydrogen (secondary N) is 1. The number of nitro groups is 1. The highest BCUT2D eigenvalue weighted by Gasteiger charge is 2.11. The van der Waals surface area contributed by atoms with Crippen LogP contribution in [-0.4, -0.2) is 9.91 Å². The van der Waals surface area contributed by atoms with Crippen LogP contribution >= 0.6 is 11.3 Å². The highest BCUT2D eigenvalue weighted by Crippen LogP contribution is 2.27. The number of non-ortho nitro benzene ring substituents is 1. The highest BCUT2D eigenvalue weighted by atomic mass is 32.1. The summed E-state index contributed by atoms with van der Waals surface area (Å²) < 4.78 is 0. The van der Waals surface area contributed by atoms with Gasteiger partial charge in [-0.25, -0.2) is 4.98 Å². The van der Waals surface area contributed by atoms with Gasteiger partial charge in [-0.05, 0) is 36.8 Å². The number of rotatable bonds is 5. The Morgan fingerprint density at radius 2 is 2.08 bits per heavy atom. The zero-order valence-corrected chi connectivity index (χ0v) is 14.7. The maximum Gasteiger partial charge on any atom is 0.269 e. The minimum Gasteiger partial charge on any atom is -0.360 e. The van der Waals surface area contributed by atoms with Crippen LogP contribution in [0.4, 0.5) is 11.4 Å². The lowest BCUT2D eigenvalue weighted by atomic mass is 10.1. The molecule has 1 N–H and O–H groups in total. The third kappa shape index (κ3) is 3.94. The lowest BCUT2D eigenvalue weighted by Gasteiger charge is -2.02. The number of nitriles is 1. The summed E-state index contributed by atoms with van der Waals surface area (Å²) in [7, 11) is 0. The van der Waals surface area contributed by atoms with Gasteiger partial charge in [-0.2, -0.15) is 5.26 Å². The molecule has 3 aromatic rings. The molecule has 128 valence electrons. The average Bonchev–Trinajstić information content (AvgIpc) is 3.12. The van der Waals surface area contributed by atoms with Gasteiger partial charge >= 0.3 is 0 Å². The van der Waals surface area contributed by atoms with Gasteiger partial charge in [-0.3, -0.25) is 10.1 Å². The van der Waals surface area contributed by atoms with Gasteiger partial charge in [-0.15, -0.1) is 11.3 Å². The zero-order valence-electron chi connectivity index (χ0n) is 13.8. The minimum absolute atomic E-state index is 0.0316. The molecule has 3 rings (SSSR count). The normalized spacial score (nSPS) is 11.0. The second-order valence-corrected chi connectivity index (χ2v) is 6.38. The SMILES string of the molecule is Cc1cccc(N/C=C(\C#N)c2nc(-c3ccc([N+](=O)[O-])cc3)cs2)c1. The minimum atomic E-state index is -0.441. The van der Waals surface area contributed by atoms with E-state index in [1.165, 1.54) is 23.5 Å². The summed E-state index contributed by atoms with van der Waals surface area (Å²) in [4.78, 5) is 14.8. The number of anilines is 1. The second kappa shape index (κ2) is 7.59. The molecule has 0 saturated heterocycles. The summed E-state index contributed by atoms with van der Waals surface area (Å²) in [6.45, 7) is 2.00. The summed E-state index contributed by atoms with van der Waals surface area (Å²) in [5, 5.41) is 25.7. The van der Waals surface area contributed by atoms with E-state index in [-0.39, 0.29) is 5.69 Å². The molecule has 1 aromatic heterocycles. The van der Waals surface area contributed by atoms with Crippen molar-refractivity contribution in [1.82, 2.24) is 4.98 Å². The van der Waals surface area contributed by atoms with Gasteiger partial charge in [0.2, 0.25) is 0 Å². The number of benzene rings is 2. The Labute approximate surface area is 154 Å². The van der Waals surface area contributed by atoms with E-state index in [2.05, 4.69) is 16.4 Å². The van der Waals surface area contributed by atoms with E-state index in [4.69, 9.17) is 0 Å². The fourth-order valence-electron chi connectivity index (χ4n) is 2.32. The largest absolute Gasteiger partial charge is 0.360 e. The van der Waals surface area contributed by atoms with E-state index in [1.807, 2.05) is 36.6 Å². The first-order valence-electron chi connectivity index (χ1n) is 7.71. The van der Waals surface area contributed by atoms with Gasteiger partial charge in [0.1, 0.15) is 16.6 Å². The van der Waals surface area contributed by atoms with Crippen molar-refractivity contribution >= 4 is 28.3 Å². The molecule has 0 fully saturated rings. The summed E-state index contributed by atoms with van der Waals surface area (Å²) in [5.74, 6) is 0. The van der Waals surface area contributed by atoms with Crippen LogP contribution < -0.4 is 5.32 Å². The number of aryl methyl sites for hydroxylation is 1. The summed E-state index contributed by atoms with van der Waals surface area (Å²) in [5.41, 5.74) is 3.91. The van der Waals surface area contributed by atoms with Gasteiger partial charge in [0.25, 0.3) is 5.69 Å². The summed E-state index contributed by atoms with van der Waals surface area (Å²) >= 11 is 1.35. The van der Waals surface area contributed by atoms with Crippen LogP contribution in [0.5, 0.6) is 0 Å². The van der Waals surface area contributed by atoms with Crippen molar-refractivity contribution < 1.29 is 4.92 Å². The highest BCUT2D eigenvalue weighted by molar-refractivity contribution is 7.11. The monoisotopic (exact) mass is 362 g/mol. The predicted molar refractivity (Wildman–Crippen MR) is 103 cm³/mol. The van der Waals surface area contributed by atoms with Gasteiger partial charge in [0.15, 0.2) is 0 Å². The van der Waals surface area contributed by atoms with E-state index >= 15 is 0 Å². The molecule has 0 amide bonds. The van der Waals surface area contributed by atoms with Gasteiger partial charge < -0.3 is 5.32 Å². The van der Waals surface area contributed by atoms with E-state index < -0.39 is 4.92 Å². The standard InChI is InChI=1S/C19H14N4O2S/c1-13-3-2-4-16(9-13)21-11-15(10-20)19-22-18(12-26-19)14-5-7-17(8-6-14)23(24)25/h2-9,11-12,21H,1H3/b15-11+. The molecular weight excluding hydrogens is 348 g/mol. The molecule has 26 heavy (non-hydrogen) atoms. The maximum absolute atomic E-state index is 10.7. The Hall–Kier alpha value is -3.50. The molecule has 0 saturated carbocycles. The van der Waals surface area contributed by atoms with Crippen molar-refractivity contribution in [2.75, 3.05) is 5.32 Å². The summed E-state index contributed by atoms with van der Waals surface area (Å²) in [6.07, 6.45) is 1.63. The third-order valence-electron chi connectivity index (χ3n) is 3.63. The number of hydrogen-bond acceptors (Lipinski definition) is 6. The molecule has 0 aliphatic heterocycles. The van der Waals surface area contributed by atoms with Crippen LogP contribution in [0, 0.1) is 28.4 Å². The molecule has 7 heteroatoms. The molecular formula is C19H14N4O2S. The van der Waals surface area contributed by atoms with Crippen molar-refractivity contribution in [2.24, 2.45) is 0 Å². The van der Waals surface area contributed by atoms with Crippen LogP contribution in [-0.2, 0) is 0 Å². The first-order valence-corrected chi connectivity index (χ1v) is 8.59. The van der Waals surface area contributed by atoms with E-state index in [0.29, 0.717) is 16.3 Å². The zero-order chi connectivity index (χ0) is 18.5. The van der Waals surface area contributed by atoms with Crippen molar-refractivity contribution in [3.05, 3.63) is 80.8 Å². The molecule has 0 spiro atoms. The molecule has 0 unspecified atom stereocenters. The molecule has 0 bridgehead atoms. The number of nitrogens with zero attached hydrogens (tertiary/aromatic N) is 3. The van der Waals surface area contributed by atoms with Crippen LogP contribution in [0.15, 0.2) is 60.1 Å². The first-order chi connectivity index (χ1) is 12.6. The smallest absolute Gasteiger partial charge is 0.269 e. The number of hydrogen-bond donors (Lipinski definition) is 1. The lowest BCUT2D eigenvalue weighted by Crippen LogP contribution is -1.91. The number of allylic oxidation sites excluding steroid dienone is 1. The molecule has 0 atom stereocenters. The van der Waals surface area contributed by atoms with Crippen molar-refractivity contribution in [3.63, 3.8) is 0 Å². The molecule has 1 heterocycles. The number of thiazole rings is 1. The summed E-state index contributed by atoms with van der Waals surface area (Å²) in [6, 6.07) is 16.2. The van der Waals surface area contributed by atoms with Gasteiger partial charge in [0, 0.05) is 35.0 Å². The van der Waals surface area contributed by atoms with E-state index in [9.17, 15) is 15.4 Å². The van der Waals surface area contributed by atoms with Crippen molar-refractivity contribution in [1.29, 1.82) is 5.26 Å². The van der Waals surface area contributed by atoms with Gasteiger partial charge in [0.05, 0.1) is 10.6 Å². The van der Waals surface area contributed by atoms with Crippen LogP contribution in [0.2, 0.25) is 0 Å². The van der Waals surface area contributed by atoms with Crippen molar-refractivity contribution in [3.8, 4) is 17.3 Å². The molecule has 0 radical (unpaired) electrons. The molecule has 2 aromatic carbocycles. The molecule has 6 nitrogen and oxygen atoms in total. The topological polar surface area (TPSA) is 91.8 Å². The van der Waals surface area contributed by atoms with E-state index in [1.54, 1.807) is 18.3 Å². The van der Waals surface area contributed by atoms with Crippen molar-refractivity contribution in [2.45, 2.75) is 6.92 Å². The Bertz CT molecular complexity index is 1020.